The number of halogens is 1. The monoisotopic (exact) mass is 539 g/mol. The number of carbonyl (C=O) groups excluding carboxylic acids is 1. The lowest BCUT2D eigenvalue weighted by Crippen LogP contribution is -2.41. The van der Waals surface area contributed by atoms with E-state index in [1.807, 2.05) is 77.7 Å². The quantitative estimate of drug-likeness (QED) is 0.226. The van der Waals surface area contributed by atoms with Gasteiger partial charge in [-0.2, -0.15) is 0 Å². The first kappa shape index (κ1) is 28.4. The zero-order valence-electron chi connectivity index (χ0n) is 21.7. The van der Waals surface area contributed by atoms with Crippen molar-refractivity contribution in [2.45, 2.75) is 19.8 Å². The number of benzene rings is 3. The maximum absolute atomic E-state index is 14.4. The summed E-state index contributed by atoms with van der Waals surface area (Å²) >= 11 is 1.50. The Labute approximate surface area is 229 Å². The molecule has 0 unspecified atom stereocenters. The summed E-state index contributed by atoms with van der Waals surface area (Å²) < 4.78 is 11.9. The van der Waals surface area contributed by atoms with Crippen LogP contribution in [-0.4, -0.2) is 56.2 Å². The number of rotatable bonds is 11. The Kier molecular flexibility index (Phi) is 10.3. The molecule has 1 heterocycles. The van der Waals surface area contributed by atoms with Gasteiger partial charge >= 0.3 is 0 Å². The van der Waals surface area contributed by atoms with E-state index in [9.17, 15) is 4.79 Å². The van der Waals surface area contributed by atoms with Crippen LogP contribution in [0.1, 0.15) is 30.9 Å². The van der Waals surface area contributed by atoms with Gasteiger partial charge in [0.25, 0.3) is 0 Å². The molecule has 6 nitrogen and oxygen atoms in total. The Hall–Kier alpha value is -3.13. The van der Waals surface area contributed by atoms with Gasteiger partial charge in [0, 0.05) is 25.2 Å². The van der Waals surface area contributed by atoms with Crippen LogP contribution in [0.5, 0.6) is 11.5 Å². The van der Waals surface area contributed by atoms with Crippen molar-refractivity contribution in [1.82, 2.24) is 9.88 Å². The van der Waals surface area contributed by atoms with E-state index >= 15 is 0 Å². The van der Waals surface area contributed by atoms with Crippen molar-refractivity contribution in [3.05, 3.63) is 83.9 Å². The summed E-state index contributed by atoms with van der Waals surface area (Å²) in [4.78, 5) is 23.4. The fraction of sp³-hybridized carbons (Fsp3) is 0.310. The molecule has 37 heavy (non-hydrogen) atoms. The third-order valence-corrected chi connectivity index (χ3v) is 7.47. The van der Waals surface area contributed by atoms with Gasteiger partial charge in [-0.15, -0.1) is 12.4 Å². The normalized spacial score (nSPS) is 11.0. The summed E-state index contributed by atoms with van der Waals surface area (Å²) in [5, 5.41) is 0.675. The van der Waals surface area contributed by atoms with Gasteiger partial charge in [0.15, 0.2) is 16.6 Å². The lowest BCUT2D eigenvalue weighted by Gasteiger charge is -2.28. The topological polar surface area (TPSA) is 54.9 Å². The van der Waals surface area contributed by atoms with Crippen LogP contribution in [0.15, 0.2) is 72.8 Å². The largest absolute Gasteiger partial charge is 0.493 e. The van der Waals surface area contributed by atoms with Crippen LogP contribution in [0.3, 0.4) is 0 Å². The number of thiazole rings is 1. The van der Waals surface area contributed by atoms with Crippen LogP contribution in [-0.2, 0) is 4.79 Å². The summed E-state index contributed by atoms with van der Waals surface area (Å²) in [5.41, 5.74) is 2.71. The van der Waals surface area contributed by atoms with Gasteiger partial charge in [0.2, 0.25) is 5.91 Å². The summed E-state index contributed by atoms with van der Waals surface area (Å²) in [6.45, 7) is 7.44. The van der Waals surface area contributed by atoms with Gasteiger partial charge in [-0.05, 0) is 24.2 Å². The van der Waals surface area contributed by atoms with Gasteiger partial charge in [0.1, 0.15) is 0 Å². The molecule has 0 fully saturated rings. The zero-order chi connectivity index (χ0) is 25.5. The molecule has 0 aliphatic heterocycles. The molecular formula is C29H34ClN3O3S. The highest BCUT2D eigenvalue weighted by molar-refractivity contribution is 7.22. The highest BCUT2D eigenvalue weighted by Crippen LogP contribution is 2.38. The standard InChI is InChI=1S/C29H33N3O3S.ClH/c1-5-31(6-2)17-18-32(29-30-23-19-24(34-3)25(35-4)20-26(23)36-29)28(33)27(21-13-9-7-10-14-21)22-15-11-8-12-16-22;/h7-16,19-20,27H,5-6,17-18H2,1-4H3;1H. The second-order valence-corrected chi connectivity index (χ2v) is 9.45. The molecule has 0 atom stereocenters. The first-order valence-electron chi connectivity index (χ1n) is 12.3. The molecule has 0 N–H and O–H groups in total. The number of carbonyl (C=O) groups is 1. The van der Waals surface area contributed by atoms with Crippen LogP contribution in [0.25, 0.3) is 10.2 Å². The van der Waals surface area contributed by atoms with Crippen LogP contribution >= 0.6 is 23.7 Å². The Morgan fingerprint density at radius 3 is 1.92 bits per heavy atom. The van der Waals surface area contributed by atoms with Gasteiger partial charge < -0.3 is 14.4 Å². The first-order valence-corrected chi connectivity index (χ1v) is 13.1. The van der Waals surface area contributed by atoms with E-state index in [2.05, 4.69) is 18.7 Å². The van der Waals surface area contributed by atoms with E-state index in [0.717, 1.165) is 41.0 Å². The maximum Gasteiger partial charge on any atom is 0.240 e. The van der Waals surface area contributed by atoms with Gasteiger partial charge in [-0.1, -0.05) is 85.8 Å². The second-order valence-electron chi connectivity index (χ2n) is 8.44. The van der Waals surface area contributed by atoms with E-state index in [0.29, 0.717) is 23.2 Å². The number of nitrogens with zero attached hydrogens (tertiary/aromatic N) is 3. The van der Waals surface area contributed by atoms with Crippen LogP contribution in [0, 0.1) is 0 Å². The molecule has 1 amide bonds. The Bertz CT molecular complexity index is 1200. The maximum atomic E-state index is 14.4. The summed E-state index contributed by atoms with van der Waals surface area (Å²) in [6.07, 6.45) is 0. The molecule has 0 aliphatic carbocycles. The number of ether oxygens (including phenoxy) is 2. The van der Waals surface area contributed by atoms with E-state index in [-0.39, 0.29) is 18.3 Å². The predicted octanol–water partition coefficient (Wildman–Crippen LogP) is 6.24. The molecule has 0 saturated carbocycles. The van der Waals surface area contributed by atoms with E-state index < -0.39 is 5.92 Å². The fourth-order valence-corrected chi connectivity index (χ4v) is 5.37. The Morgan fingerprint density at radius 1 is 0.865 bits per heavy atom. The van der Waals surface area contributed by atoms with Gasteiger partial charge in [0.05, 0.1) is 30.4 Å². The van der Waals surface area contributed by atoms with Crippen molar-refractivity contribution in [3.8, 4) is 11.5 Å². The van der Waals surface area contributed by atoms with Crippen molar-refractivity contribution >= 4 is 45.0 Å². The number of likely N-dealkylation sites (N-methyl/N-ethyl adjacent to an activating group) is 1. The number of aromatic nitrogens is 1. The van der Waals surface area contributed by atoms with Crippen molar-refractivity contribution in [2.24, 2.45) is 0 Å². The average Bonchev–Trinajstić information content (AvgIpc) is 3.34. The highest BCUT2D eigenvalue weighted by Gasteiger charge is 2.30. The minimum atomic E-state index is -0.430. The summed E-state index contributed by atoms with van der Waals surface area (Å²) in [6, 6.07) is 23.7. The van der Waals surface area contributed by atoms with E-state index in [1.54, 1.807) is 14.2 Å². The summed E-state index contributed by atoms with van der Waals surface area (Å²) in [5.74, 6) is 0.847. The Morgan fingerprint density at radius 2 is 1.41 bits per heavy atom. The van der Waals surface area contributed by atoms with Gasteiger partial charge in [-0.25, -0.2) is 4.98 Å². The molecular weight excluding hydrogens is 506 g/mol. The SMILES string of the molecule is CCN(CC)CCN(C(=O)C(c1ccccc1)c1ccccc1)c1nc2cc(OC)c(OC)cc2s1.Cl. The van der Waals surface area contributed by atoms with Crippen LogP contribution in [0.4, 0.5) is 5.13 Å². The van der Waals surface area contributed by atoms with E-state index in [4.69, 9.17) is 14.5 Å². The highest BCUT2D eigenvalue weighted by atomic mass is 35.5. The Balaban J connectivity index is 0.00000380. The molecule has 0 radical (unpaired) electrons. The number of amides is 1. The molecule has 4 aromatic rings. The summed E-state index contributed by atoms with van der Waals surface area (Å²) in [7, 11) is 3.23. The number of methoxy groups -OCH3 is 2. The van der Waals surface area contributed by atoms with Gasteiger partial charge in [-0.3, -0.25) is 9.69 Å². The van der Waals surface area contributed by atoms with Crippen LogP contribution in [0.2, 0.25) is 0 Å². The molecule has 8 heteroatoms. The molecule has 1 aromatic heterocycles. The van der Waals surface area contributed by atoms with Crippen molar-refractivity contribution in [1.29, 1.82) is 0 Å². The molecule has 0 aliphatic rings. The molecule has 0 spiro atoms. The second kappa shape index (κ2) is 13.4. The molecule has 0 saturated heterocycles. The smallest absolute Gasteiger partial charge is 0.240 e. The van der Waals surface area contributed by atoms with Crippen molar-refractivity contribution in [3.63, 3.8) is 0 Å². The molecule has 4 rings (SSSR count). The minimum Gasteiger partial charge on any atom is -0.493 e. The number of hydrogen-bond donors (Lipinski definition) is 0. The van der Waals surface area contributed by atoms with Crippen LogP contribution < -0.4 is 14.4 Å². The third kappa shape index (κ3) is 6.42. The number of anilines is 1. The molecule has 0 bridgehead atoms. The lowest BCUT2D eigenvalue weighted by molar-refractivity contribution is -0.119. The molecule has 196 valence electrons. The average molecular weight is 540 g/mol. The third-order valence-electron chi connectivity index (χ3n) is 6.43. The lowest BCUT2D eigenvalue weighted by atomic mass is 9.90. The van der Waals surface area contributed by atoms with E-state index in [1.165, 1.54) is 11.3 Å². The molecule has 3 aromatic carbocycles. The predicted molar refractivity (Wildman–Crippen MR) is 155 cm³/mol. The fourth-order valence-electron chi connectivity index (χ4n) is 4.36. The minimum absolute atomic E-state index is 0. The van der Waals surface area contributed by atoms with Crippen molar-refractivity contribution < 1.29 is 14.3 Å². The zero-order valence-corrected chi connectivity index (χ0v) is 23.3. The first-order chi connectivity index (χ1) is 17.6. The number of hydrogen-bond acceptors (Lipinski definition) is 6. The number of fused-ring (bicyclic) bond motifs is 1. The van der Waals surface area contributed by atoms with Crippen molar-refractivity contribution in [2.75, 3.05) is 45.3 Å².